The van der Waals surface area contributed by atoms with Gasteiger partial charge in [-0.15, -0.1) is 0 Å². The Morgan fingerprint density at radius 2 is 1.83 bits per heavy atom. The standard InChI is InChI=1S/C17H23F3N2O/c1-21-10-8-15(9-11-21)22(16(23)13-17(18,19)20)12-7-14-5-3-2-4-6-14/h2-6,15H,7-13H2,1H3. The van der Waals surface area contributed by atoms with Gasteiger partial charge in [-0.05, 0) is 45.0 Å². The molecule has 23 heavy (non-hydrogen) atoms. The third-order valence-electron chi connectivity index (χ3n) is 4.29. The zero-order valence-corrected chi connectivity index (χ0v) is 13.4. The molecule has 2 rings (SSSR count). The van der Waals surface area contributed by atoms with E-state index in [0.29, 0.717) is 13.0 Å². The molecule has 1 aromatic rings. The van der Waals surface area contributed by atoms with Gasteiger partial charge in [-0.3, -0.25) is 4.79 Å². The molecule has 1 fully saturated rings. The maximum atomic E-state index is 12.6. The van der Waals surface area contributed by atoms with Crippen molar-refractivity contribution in [3.05, 3.63) is 35.9 Å². The topological polar surface area (TPSA) is 23.6 Å². The van der Waals surface area contributed by atoms with Crippen molar-refractivity contribution in [2.75, 3.05) is 26.7 Å². The highest BCUT2D eigenvalue weighted by Crippen LogP contribution is 2.24. The number of hydrogen-bond acceptors (Lipinski definition) is 2. The van der Waals surface area contributed by atoms with Crippen molar-refractivity contribution in [2.45, 2.75) is 37.9 Å². The first-order valence-corrected chi connectivity index (χ1v) is 7.94. The second-order valence-corrected chi connectivity index (χ2v) is 6.15. The minimum atomic E-state index is -4.45. The molecule has 6 heteroatoms. The van der Waals surface area contributed by atoms with E-state index >= 15 is 0 Å². The summed E-state index contributed by atoms with van der Waals surface area (Å²) in [6.45, 7) is 1.96. The number of carbonyl (C=O) groups is 1. The van der Waals surface area contributed by atoms with Gasteiger partial charge in [0, 0.05) is 12.6 Å². The summed E-state index contributed by atoms with van der Waals surface area (Å²) in [6.07, 6.45) is -3.78. The Labute approximate surface area is 135 Å². The number of likely N-dealkylation sites (tertiary alicyclic amines) is 1. The molecule has 1 aliphatic heterocycles. The molecule has 0 aromatic heterocycles. The Morgan fingerprint density at radius 1 is 1.22 bits per heavy atom. The second-order valence-electron chi connectivity index (χ2n) is 6.15. The Morgan fingerprint density at radius 3 is 2.39 bits per heavy atom. The number of piperidine rings is 1. The van der Waals surface area contributed by atoms with Crippen molar-refractivity contribution < 1.29 is 18.0 Å². The molecule has 0 atom stereocenters. The van der Waals surface area contributed by atoms with E-state index in [-0.39, 0.29) is 6.04 Å². The van der Waals surface area contributed by atoms with Crippen molar-refractivity contribution in [1.82, 2.24) is 9.80 Å². The van der Waals surface area contributed by atoms with Gasteiger partial charge in [-0.2, -0.15) is 13.2 Å². The molecule has 1 heterocycles. The SMILES string of the molecule is CN1CCC(N(CCc2ccccc2)C(=O)CC(F)(F)F)CC1. The molecular weight excluding hydrogens is 305 g/mol. The minimum absolute atomic E-state index is 0.0928. The fraction of sp³-hybridized carbons (Fsp3) is 0.588. The van der Waals surface area contributed by atoms with Gasteiger partial charge in [0.05, 0.1) is 0 Å². The van der Waals surface area contributed by atoms with E-state index in [1.54, 1.807) is 0 Å². The summed E-state index contributed by atoms with van der Waals surface area (Å²) in [6, 6.07) is 9.46. The van der Waals surface area contributed by atoms with Crippen LogP contribution in [0.1, 0.15) is 24.8 Å². The maximum Gasteiger partial charge on any atom is 0.397 e. The average Bonchev–Trinajstić information content (AvgIpc) is 2.48. The maximum absolute atomic E-state index is 12.6. The first-order valence-electron chi connectivity index (χ1n) is 7.94. The van der Waals surface area contributed by atoms with Gasteiger partial charge in [0.25, 0.3) is 0 Å². The summed E-state index contributed by atoms with van der Waals surface area (Å²) < 4.78 is 37.8. The molecule has 1 aromatic carbocycles. The van der Waals surface area contributed by atoms with E-state index in [4.69, 9.17) is 0 Å². The lowest BCUT2D eigenvalue weighted by Gasteiger charge is -2.37. The summed E-state index contributed by atoms with van der Waals surface area (Å²) in [7, 11) is 1.99. The molecule has 1 aliphatic rings. The number of nitrogens with zero attached hydrogens (tertiary/aromatic N) is 2. The predicted octanol–water partition coefficient (Wildman–Crippen LogP) is 3.10. The van der Waals surface area contributed by atoms with E-state index in [1.807, 2.05) is 37.4 Å². The van der Waals surface area contributed by atoms with Crippen molar-refractivity contribution in [3.63, 3.8) is 0 Å². The first kappa shape index (κ1) is 17.8. The van der Waals surface area contributed by atoms with Gasteiger partial charge in [0.15, 0.2) is 0 Å². The fourth-order valence-corrected chi connectivity index (χ4v) is 2.98. The van der Waals surface area contributed by atoms with Gasteiger partial charge in [0.1, 0.15) is 6.42 Å². The van der Waals surface area contributed by atoms with Crippen LogP contribution in [0.25, 0.3) is 0 Å². The molecule has 0 N–H and O–H groups in total. The quantitative estimate of drug-likeness (QED) is 0.829. The lowest BCUT2D eigenvalue weighted by Crippen LogP contribution is -2.48. The zero-order chi connectivity index (χ0) is 16.9. The van der Waals surface area contributed by atoms with Crippen molar-refractivity contribution in [2.24, 2.45) is 0 Å². The number of hydrogen-bond donors (Lipinski definition) is 0. The molecule has 0 saturated carbocycles. The van der Waals surface area contributed by atoms with Crippen LogP contribution in [-0.2, 0) is 11.2 Å². The number of halogens is 3. The Balaban J connectivity index is 2.02. The van der Waals surface area contributed by atoms with E-state index in [9.17, 15) is 18.0 Å². The number of rotatable bonds is 5. The van der Waals surface area contributed by atoms with Gasteiger partial charge in [-0.1, -0.05) is 30.3 Å². The smallest absolute Gasteiger partial charge is 0.339 e. The van der Waals surface area contributed by atoms with Crippen molar-refractivity contribution >= 4 is 5.91 Å². The van der Waals surface area contributed by atoms with Gasteiger partial charge in [-0.25, -0.2) is 0 Å². The largest absolute Gasteiger partial charge is 0.397 e. The molecule has 0 aliphatic carbocycles. The van der Waals surface area contributed by atoms with Crippen LogP contribution in [0.15, 0.2) is 30.3 Å². The average molecular weight is 328 g/mol. The van der Waals surface area contributed by atoms with Crippen molar-refractivity contribution in [3.8, 4) is 0 Å². The van der Waals surface area contributed by atoms with E-state index in [1.165, 1.54) is 4.90 Å². The Bertz CT molecular complexity index is 496. The Hall–Kier alpha value is -1.56. The molecule has 1 saturated heterocycles. The summed E-state index contributed by atoms with van der Waals surface area (Å²) in [4.78, 5) is 15.7. The second kappa shape index (κ2) is 7.81. The fourth-order valence-electron chi connectivity index (χ4n) is 2.98. The van der Waals surface area contributed by atoms with Crippen LogP contribution >= 0.6 is 0 Å². The zero-order valence-electron chi connectivity index (χ0n) is 13.4. The molecule has 0 radical (unpaired) electrons. The van der Waals surface area contributed by atoms with E-state index in [0.717, 1.165) is 31.5 Å². The van der Waals surface area contributed by atoms with Crippen LogP contribution in [0.5, 0.6) is 0 Å². The Kier molecular flexibility index (Phi) is 6.04. The molecule has 1 amide bonds. The van der Waals surface area contributed by atoms with Gasteiger partial charge < -0.3 is 9.80 Å². The van der Waals surface area contributed by atoms with Crippen LogP contribution in [0, 0.1) is 0 Å². The van der Waals surface area contributed by atoms with Crippen LogP contribution in [0.4, 0.5) is 13.2 Å². The summed E-state index contributed by atoms with van der Waals surface area (Å²) >= 11 is 0. The first-order chi connectivity index (χ1) is 10.8. The van der Waals surface area contributed by atoms with Gasteiger partial charge in [0.2, 0.25) is 5.91 Å². The minimum Gasteiger partial charge on any atom is -0.339 e. The third kappa shape index (κ3) is 5.86. The molecule has 3 nitrogen and oxygen atoms in total. The number of carbonyl (C=O) groups excluding carboxylic acids is 1. The predicted molar refractivity (Wildman–Crippen MR) is 83.1 cm³/mol. The molecular formula is C17H23F3N2O. The highest BCUT2D eigenvalue weighted by atomic mass is 19.4. The molecule has 128 valence electrons. The molecule has 0 spiro atoms. The van der Waals surface area contributed by atoms with Crippen LogP contribution < -0.4 is 0 Å². The lowest BCUT2D eigenvalue weighted by atomic mass is 10.0. The molecule has 0 bridgehead atoms. The highest BCUT2D eigenvalue weighted by molar-refractivity contribution is 5.77. The van der Waals surface area contributed by atoms with Crippen molar-refractivity contribution in [1.29, 1.82) is 0 Å². The number of amides is 1. The monoisotopic (exact) mass is 328 g/mol. The van der Waals surface area contributed by atoms with E-state index < -0.39 is 18.5 Å². The third-order valence-corrected chi connectivity index (χ3v) is 4.29. The van der Waals surface area contributed by atoms with Crippen LogP contribution in [0.2, 0.25) is 0 Å². The molecule has 0 unspecified atom stereocenters. The van der Waals surface area contributed by atoms with Gasteiger partial charge >= 0.3 is 6.18 Å². The highest BCUT2D eigenvalue weighted by Gasteiger charge is 2.36. The van der Waals surface area contributed by atoms with Crippen LogP contribution in [-0.4, -0.2) is 54.6 Å². The van der Waals surface area contributed by atoms with E-state index in [2.05, 4.69) is 4.90 Å². The summed E-state index contributed by atoms with van der Waals surface area (Å²) in [5.74, 6) is -0.803. The number of alkyl halides is 3. The normalized spacial score (nSPS) is 17.2. The lowest BCUT2D eigenvalue weighted by molar-refractivity contribution is -0.163. The number of benzene rings is 1. The van der Waals surface area contributed by atoms with Crippen LogP contribution in [0.3, 0.4) is 0 Å². The summed E-state index contributed by atoms with van der Waals surface area (Å²) in [5, 5.41) is 0. The summed E-state index contributed by atoms with van der Waals surface area (Å²) in [5.41, 5.74) is 1.03.